The quantitative estimate of drug-likeness (QED) is 0.729. The molecule has 1 aromatic rings. The number of rotatable bonds is 2. The first-order valence-electron chi connectivity index (χ1n) is 4.19. The number of aryl methyl sites for hydroxylation is 1. The van der Waals surface area contributed by atoms with Crippen LogP contribution >= 0.6 is 11.6 Å². The number of hydrogen-bond acceptors (Lipinski definition) is 3. The Labute approximate surface area is 87.5 Å². The molecule has 0 aliphatic carbocycles. The maximum Gasteiger partial charge on any atom is 0.241 e. The topological polar surface area (TPSA) is 68.0 Å². The summed E-state index contributed by atoms with van der Waals surface area (Å²) in [5.74, 6) is -0.278. The molecule has 14 heavy (non-hydrogen) atoms. The first-order valence-corrected chi connectivity index (χ1v) is 4.57. The van der Waals surface area contributed by atoms with Gasteiger partial charge in [-0.3, -0.25) is 4.79 Å². The van der Waals surface area contributed by atoms with Gasteiger partial charge in [0.25, 0.3) is 0 Å². The van der Waals surface area contributed by atoms with Gasteiger partial charge in [-0.2, -0.15) is 0 Å². The molecular formula is C9H12ClN3O. The number of halogens is 1. The Morgan fingerprint density at radius 2 is 2.36 bits per heavy atom. The van der Waals surface area contributed by atoms with Crippen LogP contribution in [0.4, 0.5) is 5.69 Å². The zero-order valence-corrected chi connectivity index (χ0v) is 8.80. The molecule has 1 amide bonds. The van der Waals surface area contributed by atoms with Crippen LogP contribution in [0, 0.1) is 6.92 Å². The van der Waals surface area contributed by atoms with Gasteiger partial charge in [0, 0.05) is 6.20 Å². The summed E-state index contributed by atoms with van der Waals surface area (Å²) in [5, 5.41) is 2.86. The molecule has 1 rings (SSSR count). The van der Waals surface area contributed by atoms with E-state index in [1.165, 1.54) is 0 Å². The maximum atomic E-state index is 11.3. The summed E-state index contributed by atoms with van der Waals surface area (Å²) >= 11 is 5.78. The summed E-state index contributed by atoms with van der Waals surface area (Å²) in [6.45, 7) is 3.47. The summed E-state index contributed by atoms with van der Waals surface area (Å²) in [6, 6.07) is 1.18. The zero-order chi connectivity index (χ0) is 10.7. The fraction of sp³-hybridized carbons (Fsp3) is 0.333. The van der Waals surface area contributed by atoms with Crippen LogP contribution in [-0.4, -0.2) is 16.9 Å². The van der Waals surface area contributed by atoms with Crippen LogP contribution in [0.3, 0.4) is 0 Å². The van der Waals surface area contributed by atoms with Crippen molar-refractivity contribution in [2.24, 2.45) is 5.73 Å². The van der Waals surface area contributed by atoms with E-state index in [1.54, 1.807) is 19.2 Å². The number of amides is 1. The highest BCUT2D eigenvalue weighted by atomic mass is 35.5. The van der Waals surface area contributed by atoms with E-state index in [0.29, 0.717) is 5.69 Å². The minimum Gasteiger partial charge on any atom is -0.322 e. The van der Waals surface area contributed by atoms with Crippen molar-refractivity contribution in [3.63, 3.8) is 0 Å². The number of aromatic nitrogens is 1. The lowest BCUT2D eigenvalue weighted by Gasteiger charge is -2.09. The van der Waals surface area contributed by atoms with E-state index in [4.69, 9.17) is 17.3 Å². The maximum absolute atomic E-state index is 11.3. The minimum absolute atomic E-state index is 0.268. The molecule has 1 atom stereocenters. The van der Waals surface area contributed by atoms with Gasteiger partial charge in [-0.1, -0.05) is 11.6 Å². The van der Waals surface area contributed by atoms with Crippen molar-refractivity contribution >= 4 is 23.2 Å². The molecule has 1 heterocycles. The Balaban J connectivity index is 2.86. The van der Waals surface area contributed by atoms with Crippen molar-refractivity contribution in [1.82, 2.24) is 4.98 Å². The first-order chi connectivity index (χ1) is 6.50. The molecule has 0 spiro atoms. The Morgan fingerprint density at radius 1 is 1.71 bits per heavy atom. The summed E-state index contributed by atoms with van der Waals surface area (Å²) in [7, 11) is 0. The predicted molar refractivity (Wildman–Crippen MR) is 56.3 cm³/mol. The van der Waals surface area contributed by atoms with Crippen LogP contribution in [0.25, 0.3) is 0 Å². The number of pyridine rings is 1. The lowest BCUT2D eigenvalue weighted by Crippen LogP contribution is -2.32. The molecule has 3 N–H and O–H groups in total. The summed E-state index contributed by atoms with van der Waals surface area (Å²) < 4.78 is 0. The average Bonchev–Trinajstić information content (AvgIpc) is 2.11. The van der Waals surface area contributed by atoms with E-state index in [0.717, 1.165) is 5.56 Å². The fourth-order valence-electron chi connectivity index (χ4n) is 0.887. The summed E-state index contributed by atoms with van der Waals surface area (Å²) in [5.41, 5.74) is 6.82. The third kappa shape index (κ3) is 2.68. The van der Waals surface area contributed by atoms with Crippen molar-refractivity contribution in [3.05, 3.63) is 23.0 Å². The molecule has 5 heteroatoms. The Bertz CT molecular complexity index is 352. The number of nitrogens with two attached hydrogens (primary N) is 1. The molecule has 0 saturated carbocycles. The van der Waals surface area contributed by atoms with Gasteiger partial charge in [0.05, 0.1) is 11.7 Å². The number of anilines is 1. The molecule has 0 radical (unpaired) electrons. The van der Waals surface area contributed by atoms with E-state index < -0.39 is 6.04 Å². The first kappa shape index (κ1) is 10.9. The van der Waals surface area contributed by atoms with Crippen LogP contribution in [-0.2, 0) is 4.79 Å². The van der Waals surface area contributed by atoms with Gasteiger partial charge in [0.15, 0.2) is 5.15 Å². The van der Waals surface area contributed by atoms with Crippen LogP contribution < -0.4 is 11.1 Å². The van der Waals surface area contributed by atoms with Gasteiger partial charge < -0.3 is 11.1 Å². The van der Waals surface area contributed by atoms with Crippen LogP contribution in [0.15, 0.2) is 12.3 Å². The van der Waals surface area contributed by atoms with Crippen LogP contribution in [0.1, 0.15) is 12.5 Å². The largest absolute Gasteiger partial charge is 0.322 e. The Kier molecular flexibility index (Phi) is 3.43. The molecule has 0 saturated heterocycles. The van der Waals surface area contributed by atoms with Crippen molar-refractivity contribution < 1.29 is 4.79 Å². The molecule has 1 aromatic heterocycles. The summed E-state index contributed by atoms with van der Waals surface area (Å²) in [4.78, 5) is 15.2. The molecule has 0 aliphatic rings. The van der Waals surface area contributed by atoms with E-state index in [9.17, 15) is 4.79 Å². The lowest BCUT2D eigenvalue weighted by atomic mass is 10.2. The smallest absolute Gasteiger partial charge is 0.241 e. The Morgan fingerprint density at radius 3 is 2.93 bits per heavy atom. The third-order valence-corrected chi connectivity index (χ3v) is 1.95. The third-order valence-electron chi connectivity index (χ3n) is 1.65. The zero-order valence-electron chi connectivity index (χ0n) is 8.04. The second-order valence-corrected chi connectivity index (χ2v) is 3.49. The highest BCUT2D eigenvalue weighted by Crippen LogP contribution is 2.19. The van der Waals surface area contributed by atoms with Crippen LogP contribution in [0.5, 0.6) is 0 Å². The highest BCUT2D eigenvalue weighted by Gasteiger charge is 2.10. The Hall–Kier alpha value is -1.13. The van der Waals surface area contributed by atoms with Crippen LogP contribution in [0.2, 0.25) is 5.15 Å². The predicted octanol–water partition coefficient (Wildman–Crippen LogP) is 1.33. The number of nitrogens with one attached hydrogen (secondary N) is 1. The SMILES string of the molecule is Cc1cnc(Cl)c(NC(=O)[C@H](C)N)c1. The molecule has 0 aromatic carbocycles. The van der Waals surface area contributed by atoms with Gasteiger partial charge in [0.2, 0.25) is 5.91 Å². The molecule has 0 fully saturated rings. The summed E-state index contributed by atoms with van der Waals surface area (Å²) in [6.07, 6.45) is 1.63. The van der Waals surface area contributed by atoms with E-state index in [2.05, 4.69) is 10.3 Å². The second-order valence-electron chi connectivity index (χ2n) is 3.13. The van der Waals surface area contributed by atoms with Crippen molar-refractivity contribution in [1.29, 1.82) is 0 Å². The minimum atomic E-state index is -0.563. The monoisotopic (exact) mass is 213 g/mol. The van der Waals surface area contributed by atoms with Gasteiger partial charge >= 0.3 is 0 Å². The number of carbonyl (C=O) groups excluding carboxylic acids is 1. The van der Waals surface area contributed by atoms with Gasteiger partial charge in [0.1, 0.15) is 0 Å². The average molecular weight is 214 g/mol. The molecule has 4 nitrogen and oxygen atoms in total. The second kappa shape index (κ2) is 4.39. The number of carbonyl (C=O) groups is 1. The molecule has 76 valence electrons. The number of hydrogen-bond donors (Lipinski definition) is 2. The number of nitrogens with zero attached hydrogens (tertiary/aromatic N) is 1. The van der Waals surface area contributed by atoms with Gasteiger partial charge in [-0.15, -0.1) is 0 Å². The van der Waals surface area contributed by atoms with Crippen molar-refractivity contribution in [2.75, 3.05) is 5.32 Å². The van der Waals surface area contributed by atoms with Gasteiger partial charge in [-0.05, 0) is 25.5 Å². The van der Waals surface area contributed by atoms with Crippen molar-refractivity contribution in [3.8, 4) is 0 Å². The molecule has 0 aliphatic heterocycles. The van der Waals surface area contributed by atoms with E-state index >= 15 is 0 Å². The molecule has 0 bridgehead atoms. The highest BCUT2D eigenvalue weighted by molar-refractivity contribution is 6.32. The van der Waals surface area contributed by atoms with E-state index in [1.807, 2.05) is 6.92 Å². The fourth-order valence-corrected chi connectivity index (χ4v) is 1.04. The molecular weight excluding hydrogens is 202 g/mol. The standard InChI is InChI=1S/C9H12ClN3O/c1-5-3-7(8(10)12-4-5)13-9(14)6(2)11/h3-4,6H,11H2,1-2H3,(H,13,14)/t6-/m0/s1. The van der Waals surface area contributed by atoms with E-state index in [-0.39, 0.29) is 11.1 Å². The molecule has 0 unspecified atom stereocenters. The van der Waals surface area contributed by atoms with Gasteiger partial charge in [-0.25, -0.2) is 4.98 Å². The normalized spacial score (nSPS) is 12.3. The lowest BCUT2D eigenvalue weighted by molar-refractivity contribution is -0.117. The van der Waals surface area contributed by atoms with Crippen molar-refractivity contribution in [2.45, 2.75) is 19.9 Å².